The fourth-order valence-corrected chi connectivity index (χ4v) is 2.80. The molecule has 0 aliphatic rings. The van der Waals surface area contributed by atoms with Crippen LogP contribution in [0.15, 0.2) is 11.3 Å². The largest absolute Gasteiger partial charge is 0.418 e. The fourth-order valence-electron chi connectivity index (χ4n) is 1.08. The van der Waals surface area contributed by atoms with Crippen molar-refractivity contribution in [1.82, 2.24) is 0 Å². The third kappa shape index (κ3) is 7.29. The van der Waals surface area contributed by atoms with Crippen molar-refractivity contribution in [2.24, 2.45) is 11.8 Å². The lowest BCUT2D eigenvalue weighted by Crippen LogP contribution is -2.10. The zero-order valence-corrected chi connectivity index (χ0v) is 11.3. The Morgan fingerprint density at radius 1 is 1.38 bits per heavy atom. The Morgan fingerprint density at radius 3 is 2.38 bits per heavy atom. The van der Waals surface area contributed by atoms with Gasteiger partial charge in [0.1, 0.15) is 0 Å². The lowest BCUT2D eigenvalue weighted by molar-refractivity contribution is 0.365. The molecule has 1 nitrogen and oxygen atoms in total. The molecule has 0 saturated heterocycles. The van der Waals surface area contributed by atoms with Crippen LogP contribution >= 0.6 is 11.6 Å². The second-order valence-electron chi connectivity index (χ2n) is 3.88. The lowest BCUT2D eigenvalue weighted by atomic mass is 10.1. The van der Waals surface area contributed by atoms with E-state index in [1.807, 2.05) is 0 Å². The summed E-state index contributed by atoms with van der Waals surface area (Å²) >= 11 is 5.55. The van der Waals surface area contributed by atoms with E-state index in [1.54, 1.807) is 0 Å². The van der Waals surface area contributed by atoms with E-state index < -0.39 is 9.76 Å². The van der Waals surface area contributed by atoms with E-state index in [2.05, 4.69) is 33.8 Å². The van der Waals surface area contributed by atoms with Crippen LogP contribution in [0.1, 0.15) is 27.7 Å². The van der Waals surface area contributed by atoms with E-state index >= 15 is 0 Å². The molecule has 0 N–H and O–H groups in total. The summed E-state index contributed by atoms with van der Waals surface area (Å²) in [6.45, 7) is 9.57. The predicted octanol–water partition coefficient (Wildman–Crippen LogP) is 2.52. The van der Waals surface area contributed by atoms with Crippen LogP contribution in [-0.2, 0) is 4.43 Å². The van der Waals surface area contributed by atoms with Gasteiger partial charge in [-0.25, -0.2) is 0 Å². The third-order valence-corrected chi connectivity index (χ3v) is 3.81. The molecule has 0 bridgehead atoms. The normalized spacial score (nSPS) is 13.9. The monoisotopic (exact) mass is 220 g/mol. The molecule has 0 aromatic carbocycles. The molecule has 0 aromatic rings. The van der Waals surface area contributed by atoms with Crippen molar-refractivity contribution in [3.05, 3.63) is 11.3 Å². The highest BCUT2D eigenvalue weighted by atomic mass is 35.5. The zero-order chi connectivity index (χ0) is 10.3. The van der Waals surface area contributed by atoms with E-state index in [-0.39, 0.29) is 0 Å². The molecular weight excluding hydrogens is 200 g/mol. The molecule has 3 heteroatoms. The van der Waals surface area contributed by atoms with Crippen LogP contribution in [0, 0.1) is 11.8 Å². The van der Waals surface area contributed by atoms with E-state index in [1.165, 1.54) is 5.20 Å². The maximum Gasteiger partial charge on any atom is 0.188 e. The fraction of sp³-hybridized carbons (Fsp3) is 0.800. The van der Waals surface area contributed by atoms with Gasteiger partial charge in [0.05, 0.1) is 0 Å². The first kappa shape index (κ1) is 13.2. The van der Waals surface area contributed by atoms with Gasteiger partial charge in [0.15, 0.2) is 9.76 Å². The van der Waals surface area contributed by atoms with Crippen molar-refractivity contribution in [3.63, 3.8) is 0 Å². The maximum atomic E-state index is 5.55. The SMILES string of the molecule is CC(C)C=C([SiH2]OCCCl)C(C)C. The second kappa shape index (κ2) is 7.60. The van der Waals surface area contributed by atoms with Crippen LogP contribution in [0.25, 0.3) is 0 Å². The van der Waals surface area contributed by atoms with E-state index in [0.717, 1.165) is 0 Å². The zero-order valence-electron chi connectivity index (χ0n) is 9.14. The quantitative estimate of drug-likeness (QED) is 0.380. The standard InChI is InChI=1S/C10H21ClOSi/c1-8(2)7-10(9(3)4)13-12-6-5-11/h7-9H,5-6,13H2,1-4H3. The maximum absolute atomic E-state index is 5.55. The molecular formula is C10H21ClOSi. The first-order valence-corrected chi connectivity index (χ1v) is 6.74. The minimum atomic E-state index is -0.499. The van der Waals surface area contributed by atoms with Crippen molar-refractivity contribution in [2.75, 3.05) is 12.5 Å². The van der Waals surface area contributed by atoms with Crippen molar-refractivity contribution < 1.29 is 4.43 Å². The highest BCUT2D eigenvalue weighted by molar-refractivity contribution is 6.38. The highest BCUT2D eigenvalue weighted by Gasteiger charge is 2.04. The van der Waals surface area contributed by atoms with Crippen LogP contribution in [0.2, 0.25) is 0 Å². The van der Waals surface area contributed by atoms with E-state index in [9.17, 15) is 0 Å². The first-order valence-electron chi connectivity index (χ1n) is 4.92. The molecule has 0 heterocycles. The molecule has 0 aliphatic carbocycles. The molecule has 0 spiro atoms. The molecule has 0 unspecified atom stereocenters. The van der Waals surface area contributed by atoms with E-state index in [0.29, 0.717) is 24.3 Å². The number of halogens is 1. The van der Waals surface area contributed by atoms with Gasteiger partial charge in [-0.15, -0.1) is 11.6 Å². The molecule has 78 valence electrons. The van der Waals surface area contributed by atoms with Crippen LogP contribution < -0.4 is 0 Å². The number of allylic oxidation sites excluding steroid dienone is 2. The Hall–Kier alpha value is 0.207. The number of hydrogen-bond acceptors (Lipinski definition) is 1. The third-order valence-electron chi connectivity index (χ3n) is 1.78. The first-order chi connectivity index (χ1) is 6.07. The number of alkyl halides is 1. The number of hydrogen-bond donors (Lipinski definition) is 0. The summed E-state index contributed by atoms with van der Waals surface area (Å²) in [6.07, 6.45) is 2.34. The molecule has 13 heavy (non-hydrogen) atoms. The summed E-state index contributed by atoms with van der Waals surface area (Å²) in [5.74, 6) is 1.87. The second-order valence-corrected chi connectivity index (χ2v) is 5.77. The van der Waals surface area contributed by atoms with Crippen molar-refractivity contribution in [2.45, 2.75) is 27.7 Å². The molecule has 0 atom stereocenters. The number of rotatable bonds is 6. The Morgan fingerprint density at radius 2 is 2.00 bits per heavy atom. The molecule has 0 saturated carbocycles. The Kier molecular flexibility index (Phi) is 7.72. The summed E-state index contributed by atoms with van der Waals surface area (Å²) in [5.41, 5.74) is 0. The van der Waals surface area contributed by atoms with Crippen LogP contribution in [0.4, 0.5) is 0 Å². The molecule has 0 aromatic heterocycles. The average molecular weight is 221 g/mol. The van der Waals surface area contributed by atoms with Crippen LogP contribution in [0.5, 0.6) is 0 Å². The predicted molar refractivity (Wildman–Crippen MR) is 63.0 cm³/mol. The Balaban J connectivity index is 3.95. The van der Waals surface area contributed by atoms with Gasteiger partial charge in [-0.1, -0.05) is 39.0 Å². The van der Waals surface area contributed by atoms with Gasteiger partial charge >= 0.3 is 0 Å². The van der Waals surface area contributed by atoms with Gasteiger partial charge in [0.2, 0.25) is 0 Å². The van der Waals surface area contributed by atoms with Crippen LogP contribution in [-0.4, -0.2) is 22.3 Å². The summed E-state index contributed by atoms with van der Waals surface area (Å²) in [6, 6.07) is 0. The lowest BCUT2D eigenvalue weighted by Gasteiger charge is -2.12. The van der Waals surface area contributed by atoms with Gasteiger partial charge in [0, 0.05) is 12.5 Å². The summed E-state index contributed by atoms with van der Waals surface area (Å²) < 4.78 is 5.55. The van der Waals surface area contributed by atoms with Crippen molar-refractivity contribution in [3.8, 4) is 0 Å². The molecule has 0 radical (unpaired) electrons. The molecule has 0 rings (SSSR count). The highest BCUT2D eigenvalue weighted by Crippen LogP contribution is 2.11. The van der Waals surface area contributed by atoms with Crippen LogP contribution in [0.3, 0.4) is 0 Å². The van der Waals surface area contributed by atoms with E-state index in [4.69, 9.17) is 16.0 Å². The molecule has 0 aliphatic heterocycles. The van der Waals surface area contributed by atoms with Crippen molar-refractivity contribution in [1.29, 1.82) is 0 Å². The minimum Gasteiger partial charge on any atom is -0.418 e. The molecule has 0 fully saturated rings. The average Bonchev–Trinajstić information content (AvgIpc) is 2.02. The minimum absolute atomic E-state index is 0.499. The van der Waals surface area contributed by atoms with Gasteiger partial charge in [-0.2, -0.15) is 0 Å². The Bertz CT molecular complexity index is 155. The smallest absolute Gasteiger partial charge is 0.188 e. The Labute approximate surface area is 89.4 Å². The van der Waals surface area contributed by atoms with Gasteiger partial charge in [-0.3, -0.25) is 0 Å². The summed E-state index contributed by atoms with van der Waals surface area (Å²) in [4.78, 5) is 0. The topological polar surface area (TPSA) is 9.23 Å². The van der Waals surface area contributed by atoms with Gasteiger partial charge < -0.3 is 4.43 Å². The van der Waals surface area contributed by atoms with Gasteiger partial charge in [-0.05, 0) is 11.8 Å². The van der Waals surface area contributed by atoms with Crippen molar-refractivity contribution >= 4 is 21.4 Å². The summed E-state index contributed by atoms with van der Waals surface area (Å²) in [5, 5.41) is 1.51. The molecule has 0 amide bonds. The van der Waals surface area contributed by atoms with Gasteiger partial charge in [0.25, 0.3) is 0 Å². The summed E-state index contributed by atoms with van der Waals surface area (Å²) in [7, 11) is -0.499.